The van der Waals surface area contributed by atoms with E-state index >= 15 is 0 Å². The summed E-state index contributed by atoms with van der Waals surface area (Å²) in [6.07, 6.45) is 7.98. The zero-order valence-corrected chi connectivity index (χ0v) is 12.8. The van der Waals surface area contributed by atoms with Crippen LogP contribution in [0.4, 0.5) is 0 Å². The van der Waals surface area contributed by atoms with Gasteiger partial charge in [-0.25, -0.2) is 5.14 Å². The lowest BCUT2D eigenvalue weighted by Gasteiger charge is -2.33. The van der Waals surface area contributed by atoms with Crippen molar-refractivity contribution in [3.8, 4) is 0 Å². The van der Waals surface area contributed by atoms with Crippen molar-refractivity contribution >= 4 is 16.1 Å². The van der Waals surface area contributed by atoms with Gasteiger partial charge in [-0.2, -0.15) is 12.7 Å². The first-order chi connectivity index (χ1) is 9.47. The van der Waals surface area contributed by atoms with Crippen molar-refractivity contribution in [2.24, 2.45) is 11.1 Å². The van der Waals surface area contributed by atoms with Crippen molar-refractivity contribution in [3.05, 3.63) is 0 Å². The van der Waals surface area contributed by atoms with Gasteiger partial charge < -0.3 is 4.90 Å². The number of carbonyl (C=O) groups excluding carboxylic acids is 1. The van der Waals surface area contributed by atoms with Gasteiger partial charge >= 0.3 is 0 Å². The van der Waals surface area contributed by atoms with Crippen LogP contribution in [-0.4, -0.2) is 49.7 Å². The molecular formula is C13H25N3O3S. The smallest absolute Gasteiger partial charge is 0.277 e. The monoisotopic (exact) mass is 303 g/mol. The van der Waals surface area contributed by atoms with Crippen LogP contribution in [-0.2, 0) is 15.0 Å². The molecule has 0 atom stereocenters. The standard InChI is InChI=1S/C13H25N3O3S/c14-20(18,19)16-9-7-15(8-10-16)13(17)11-12-5-3-1-2-4-6-12/h12H,1-11H2,(H2,14,18,19). The van der Waals surface area contributed by atoms with Crippen LogP contribution in [0.1, 0.15) is 44.9 Å². The zero-order valence-electron chi connectivity index (χ0n) is 12.0. The van der Waals surface area contributed by atoms with E-state index in [9.17, 15) is 13.2 Å². The molecule has 0 spiro atoms. The molecule has 1 heterocycles. The number of piperazine rings is 1. The topological polar surface area (TPSA) is 83.7 Å². The van der Waals surface area contributed by atoms with Gasteiger partial charge in [-0.15, -0.1) is 0 Å². The second-order valence-electron chi connectivity index (χ2n) is 5.89. The molecular weight excluding hydrogens is 278 g/mol. The Bertz CT molecular complexity index is 422. The van der Waals surface area contributed by atoms with Gasteiger partial charge in [-0.3, -0.25) is 4.79 Å². The molecule has 2 aliphatic rings. The van der Waals surface area contributed by atoms with Crippen molar-refractivity contribution in [1.82, 2.24) is 9.21 Å². The van der Waals surface area contributed by atoms with Crippen molar-refractivity contribution in [3.63, 3.8) is 0 Å². The minimum Gasteiger partial charge on any atom is -0.340 e. The Hall–Kier alpha value is -0.660. The molecule has 0 bridgehead atoms. The highest BCUT2D eigenvalue weighted by atomic mass is 32.2. The fourth-order valence-corrected chi connectivity index (χ4v) is 3.81. The Morgan fingerprint density at radius 3 is 2.05 bits per heavy atom. The van der Waals surface area contributed by atoms with Crippen molar-refractivity contribution in [2.75, 3.05) is 26.2 Å². The van der Waals surface area contributed by atoms with E-state index in [2.05, 4.69) is 0 Å². The molecule has 1 aliphatic heterocycles. The molecule has 7 heteroatoms. The molecule has 0 unspecified atom stereocenters. The molecule has 2 rings (SSSR count). The molecule has 2 fully saturated rings. The van der Waals surface area contributed by atoms with Gasteiger partial charge in [0.15, 0.2) is 0 Å². The maximum Gasteiger partial charge on any atom is 0.277 e. The van der Waals surface area contributed by atoms with E-state index < -0.39 is 10.2 Å². The third-order valence-corrected chi connectivity index (χ3v) is 5.47. The van der Waals surface area contributed by atoms with Gasteiger partial charge in [0.05, 0.1) is 0 Å². The number of rotatable bonds is 3. The van der Waals surface area contributed by atoms with E-state index in [0.717, 1.165) is 12.8 Å². The van der Waals surface area contributed by atoms with E-state index in [-0.39, 0.29) is 5.91 Å². The summed E-state index contributed by atoms with van der Waals surface area (Å²) in [6, 6.07) is 0. The minimum atomic E-state index is -3.61. The predicted octanol–water partition coefficient (Wildman–Crippen LogP) is 0.695. The molecule has 116 valence electrons. The minimum absolute atomic E-state index is 0.172. The summed E-state index contributed by atoms with van der Waals surface area (Å²) in [7, 11) is -3.61. The SMILES string of the molecule is NS(=O)(=O)N1CCN(C(=O)CC2CCCCCC2)CC1. The molecule has 0 radical (unpaired) electrons. The lowest BCUT2D eigenvalue weighted by Crippen LogP contribution is -2.52. The summed E-state index contributed by atoms with van der Waals surface area (Å²) >= 11 is 0. The number of nitrogens with two attached hydrogens (primary N) is 1. The second-order valence-corrected chi connectivity index (χ2v) is 7.43. The summed E-state index contributed by atoms with van der Waals surface area (Å²) in [6.45, 7) is 1.55. The maximum atomic E-state index is 12.3. The molecule has 1 amide bonds. The Kier molecular flexibility index (Phi) is 5.40. The molecule has 6 nitrogen and oxygen atoms in total. The maximum absolute atomic E-state index is 12.3. The van der Waals surface area contributed by atoms with E-state index in [4.69, 9.17) is 5.14 Å². The first kappa shape index (κ1) is 15.7. The first-order valence-electron chi connectivity index (χ1n) is 7.52. The van der Waals surface area contributed by atoms with Crippen LogP contribution < -0.4 is 5.14 Å². The molecule has 1 saturated heterocycles. The summed E-state index contributed by atoms with van der Waals surface area (Å²) < 4.78 is 23.7. The fourth-order valence-electron chi connectivity index (χ4n) is 3.14. The lowest BCUT2D eigenvalue weighted by molar-refractivity contribution is -0.133. The van der Waals surface area contributed by atoms with E-state index in [1.165, 1.54) is 30.0 Å². The number of hydrogen-bond acceptors (Lipinski definition) is 3. The van der Waals surface area contributed by atoms with Gasteiger partial charge in [0, 0.05) is 32.6 Å². The predicted molar refractivity (Wildman–Crippen MR) is 77.1 cm³/mol. The van der Waals surface area contributed by atoms with Crippen molar-refractivity contribution < 1.29 is 13.2 Å². The summed E-state index contributed by atoms with van der Waals surface area (Å²) in [5.74, 6) is 0.687. The van der Waals surface area contributed by atoms with Crippen LogP contribution in [0.2, 0.25) is 0 Å². The van der Waals surface area contributed by atoms with Gasteiger partial charge in [0.25, 0.3) is 10.2 Å². The van der Waals surface area contributed by atoms with Gasteiger partial charge in [0.1, 0.15) is 0 Å². The average Bonchev–Trinajstić information content (AvgIpc) is 2.66. The number of amides is 1. The third kappa shape index (κ3) is 4.43. The molecule has 1 aliphatic carbocycles. The normalized spacial score (nSPS) is 23.6. The number of nitrogens with zero attached hydrogens (tertiary/aromatic N) is 2. The Morgan fingerprint density at radius 1 is 1.00 bits per heavy atom. The highest BCUT2D eigenvalue weighted by molar-refractivity contribution is 7.86. The average molecular weight is 303 g/mol. The van der Waals surface area contributed by atoms with E-state index in [1.807, 2.05) is 0 Å². The van der Waals surface area contributed by atoms with Crippen LogP contribution >= 0.6 is 0 Å². The van der Waals surface area contributed by atoms with Crippen molar-refractivity contribution in [2.45, 2.75) is 44.9 Å². The molecule has 0 aromatic heterocycles. The van der Waals surface area contributed by atoms with E-state index in [1.54, 1.807) is 4.90 Å². The van der Waals surface area contributed by atoms with E-state index in [0.29, 0.717) is 38.5 Å². The Balaban J connectivity index is 1.79. The molecule has 2 N–H and O–H groups in total. The van der Waals surface area contributed by atoms with Gasteiger partial charge in [-0.05, 0) is 18.8 Å². The van der Waals surface area contributed by atoms with Crippen LogP contribution in [0.3, 0.4) is 0 Å². The Labute approximate surface area is 121 Å². The van der Waals surface area contributed by atoms with Gasteiger partial charge in [-0.1, -0.05) is 25.7 Å². The van der Waals surface area contributed by atoms with Gasteiger partial charge in [0.2, 0.25) is 5.91 Å². The molecule has 0 aromatic rings. The van der Waals surface area contributed by atoms with Crippen molar-refractivity contribution in [1.29, 1.82) is 0 Å². The first-order valence-corrected chi connectivity index (χ1v) is 9.03. The second kappa shape index (κ2) is 6.87. The molecule has 1 saturated carbocycles. The highest BCUT2D eigenvalue weighted by Gasteiger charge is 2.27. The number of carbonyl (C=O) groups is 1. The Morgan fingerprint density at radius 2 is 1.55 bits per heavy atom. The lowest BCUT2D eigenvalue weighted by atomic mass is 9.96. The highest BCUT2D eigenvalue weighted by Crippen LogP contribution is 2.26. The van der Waals surface area contributed by atoms with Crippen LogP contribution in [0, 0.1) is 5.92 Å². The number of hydrogen-bond donors (Lipinski definition) is 1. The summed E-state index contributed by atoms with van der Waals surface area (Å²) in [5, 5.41) is 5.09. The fraction of sp³-hybridized carbons (Fsp3) is 0.923. The third-order valence-electron chi connectivity index (χ3n) is 4.39. The summed E-state index contributed by atoms with van der Waals surface area (Å²) in [5.41, 5.74) is 0. The molecule has 20 heavy (non-hydrogen) atoms. The zero-order chi connectivity index (χ0) is 14.6. The van der Waals surface area contributed by atoms with Crippen LogP contribution in [0.15, 0.2) is 0 Å². The van der Waals surface area contributed by atoms with Crippen LogP contribution in [0.5, 0.6) is 0 Å². The largest absolute Gasteiger partial charge is 0.340 e. The quantitative estimate of drug-likeness (QED) is 0.779. The van der Waals surface area contributed by atoms with Crippen LogP contribution in [0.25, 0.3) is 0 Å². The summed E-state index contributed by atoms with van der Waals surface area (Å²) in [4.78, 5) is 14.0. The molecule has 0 aromatic carbocycles.